The van der Waals surface area contributed by atoms with Crippen LogP contribution < -0.4 is 11.0 Å². The second kappa shape index (κ2) is 8.29. The minimum atomic E-state index is -0.316. The number of nitrogens with one attached hydrogen (secondary N) is 1. The highest BCUT2D eigenvalue weighted by Gasteiger charge is 2.30. The molecule has 150 valence electrons. The van der Waals surface area contributed by atoms with Gasteiger partial charge in [-0.1, -0.05) is 19.3 Å². The first kappa shape index (κ1) is 18.9. The molecule has 2 aliphatic carbocycles. The zero-order valence-electron chi connectivity index (χ0n) is 16.1. The maximum atomic E-state index is 13.2. The van der Waals surface area contributed by atoms with Gasteiger partial charge in [0.05, 0.1) is 6.54 Å². The van der Waals surface area contributed by atoms with E-state index in [0.29, 0.717) is 31.3 Å². The molecule has 1 aromatic carbocycles. The molecule has 2 saturated carbocycles. The molecule has 1 amide bonds. The fraction of sp³-hybridized carbons (Fsp3) is 0.571. The third kappa shape index (κ3) is 4.34. The van der Waals surface area contributed by atoms with Crippen molar-refractivity contribution in [2.75, 3.05) is 6.54 Å². The molecule has 1 aromatic heterocycles. The van der Waals surface area contributed by atoms with E-state index in [0.717, 1.165) is 31.2 Å². The zero-order chi connectivity index (χ0) is 19.5. The van der Waals surface area contributed by atoms with Crippen LogP contribution in [0.5, 0.6) is 0 Å². The summed E-state index contributed by atoms with van der Waals surface area (Å²) in [5.41, 5.74) is 0.564. The molecule has 0 radical (unpaired) electrons. The molecule has 2 fully saturated rings. The lowest BCUT2D eigenvalue weighted by molar-refractivity contribution is -0.122. The highest BCUT2D eigenvalue weighted by atomic mass is 19.1. The Balaban J connectivity index is 1.40. The Labute approximate surface area is 163 Å². The number of hydrogen-bond donors (Lipinski definition) is 1. The average Bonchev–Trinajstić information content (AvgIpc) is 3.48. The Hall–Kier alpha value is -2.44. The molecule has 0 spiro atoms. The van der Waals surface area contributed by atoms with E-state index in [9.17, 15) is 14.0 Å². The summed E-state index contributed by atoms with van der Waals surface area (Å²) < 4.78 is 16.4. The minimum absolute atomic E-state index is 0.0559. The van der Waals surface area contributed by atoms with Crippen LogP contribution in [-0.4, -0.2) is 26.8 Å². The summed E-state index contributed by atoms with van der Waals surface area (Å²) in [6, 6.07) is 6.21. The summed E-state index contributed by atoms with van der Waals surface area (Å²) in [5.74, 6) is 0.807. The first-order valence-electron chi connectivity index (χ1n) is 10.3. The zero-order valence-corrected chi connectivity index (χ0v) is 16.1. The second-order valence-electron chi connectivity index (χ2n) is 8.00. The van der Waals surface area contributed by atoms with Gasteiger partial charge >= 0.3 is 5.69 Å². The Bertz CT molecular complexity index is 877. The van der Waals surface area contributed by atoms with Gasteiger partial charge in [0.1, 0.15) is 5.82 Å². The highest BCUT2D eigenvalue weighted by Crippen LogP contribution is 2.36. The largest absolute Gasteiger partial charge is 0.354 e. The summed E-state index contributed by atoms with van der Waals surface area (Å²) in [5, 5.41) is 7.41. The minimum Gasteiger partial charge on any atom is -0.354 e. The molecule has 0 unspecified atom stereocenters. The Morgan fingerprint density at radius 3 is 2.50 bits per heavy atom. The van der Waals surface area contributed by atoms with Gasteiger partial charge in [-0.3, -0.25) is 9.36 Å². The quantitative estimate of drug-likeness (QED) is 0.794. The van der Waals surface area contributed by atoms with Crippen LogP contribution in [0.3, 0.4) is 0 Å². The Kier molecular flexibility index (Phi) is 5.59. The number of amides is 1. The number of hydrogen-bond acceptors (Lipinski definition) is 3. The fourth-order valence-corrected chi connectivity index (χ4v) is 4.05. The number of carbonyl (C=O) groups excluding carboxylic acids is 1. The summed E-state index contributed by atoms with van der Waals surface area (Å²) in [7, 11) is 0. The Morgan fingerprint density at radius 2 is 1.82 bits per heavy atom. The molecule has 4 rings (SSSR count). The third-order valence-corrected chi connectivity index (χ3v) is 5.73. The number of aromatic nitrogens is 3. The number of rotatable bonds is 7. The van der Waals surface area contributed by atoms with Crippen molar-refractivity contribution in [1.29, 1.82) is 0 Å². The molecule has 0 bridgehead atoms. The summed E-state index contributed by atoms with van der Waals surface area (Å²) in [6.45, 7) is 0.721. The van der Waals surface area contributed by atoms with Crippen LogP contribution in [-0.2, 0) is 11.3 Å². The number of halogens is 1. The average molecular weight is 386 g/mol. The molecule has 1 N–H and O–H groups in total. The fourth-order valence-electron chi connectivity index (χ4n) is 4.05. The van der Waals surface area contributed by atoms with Crippen LogP contribution >= 0.6 is 0 Å². The van der Waals surface area contributed by atoms with Gasteiger partial charge in [0.2, 0.25) is 5.91 Å². The molecule has 0 saturated heterocycles. The van der Waals surface area contributed by atoms with E-state index in [2.05, 4.69) is 10.4 Å². The number of carbonyl (C=O) groups is 1. The predicted molar refractivity (Wildman–Crippen MR) is 104 cm³/mol. The van der Waals surface area contributed by atoms with Gasteiger partial charge < -0.3 is 5.32 Å². The lowest BCUT2D eigenvalue weighted by atomic mass is 9.87. The lowest BCUT2D eigenvalue weighted by Gasteiger charge is -2.20. The second-order valence-corrected chi connectivity index (χ2v) is 8.00. The van der Waals surface area contributed by atoms with Crippen LogP contribution in [0.25, 0.3) is 11.4 Å². The van der Waals surface area contributed by atoms with Crippen molar-refractivity contribution in [2.24, 2.45) is 5.92 Å². The normalized spacial score (nSPS) is 17.6. The van der Waals surface area contributed by atoms with Gasteiger partial charge in [-0.25, -0.2) is 13.9 Å². The van der Waals surface area contributed by atoms with E-state index in [1.54, 1.807) is 16.7 Å². The SMILES string of the molecule is O=C(CC1CCCCC1)NCCn1nc(-c2ccc(F)cc2)n(C2CC2)c1=O. The van der Waals surface area contributed by atoms with E-state index in [1.807, 2.05) is 0 Å². The summed E-state index contributed by atoms with van der Waals surface area (Å²) in [4.78, 5) is 25.0. The van der Waals surface area contributed by atoms with Crippen LogP contribution in [0.15, 0.2) is 29.1 Å². The van der Waals surface area contributed by atoms with E-state index in [4.69, 9.17) is 0 Å². The number of benzene rings is 1. The van der Waals surface area contributed by atoms with E-state index < -0.39 is 0 Å². The van der Waals surface area contributed by atoms with Gasteiger partial charge in [-0.15, -0.1) is 5.10 Å². The summed E-state index contributed by atoms with van der Waals surface area (Å²) in [6.07, 6.45) is 8.48. The van der Waals surface area contributed by atoms with Crippen molar-refractivity contribution in [3.05, 3.63) is 40.6 Å². The highest BCUT2D eigenvalue weighted by molar-refractivity contribution is 5.76. The van der Waals surface area contributed by atoms with E-state index >= 15 is 0 Å². The Morgan fingerprint density at radius 1 is 1.11 bits per heavy atom. The van der Waals surface area contributed by atoms with E-state index in [-0.39, 0.29) is 23.5 Å². The first-order valence-corrected chi connectivity index (χ1v) is 10.3. The van der Waals surface area contributed by atoms with Gasteiger partial charge in [0, 0.05) is 24.6 Å². The van der Waals surface area contributed by atoms with Gasteiger partial charge in [0.15, 0.2) is 5.82 Å². The summed E-state index contributed by atoms with van der Waals surface area (Å²) >= 11 is 0. The van der Waals surface area contributed by atoms with Crippen molar-refractivity contribution in [2.45, 2.75) is 64.0 Å². The standard InChI is InChI=1S/C21H27FN4O2/c22-17-8-6-16(7-9-17)20-24-25(21(28)26(20)18-10-11-18)13-12-23-19(27)14-15-4-2-1-3-5-15/h6-9,15,18H,1-5,10-14H2,(H,23,27). The van der Waals surface area contributed by atoms with Crippen LogP contribution in [0.2, 0.25) is 0 Å². The smallest absolute Gasteiger partial charge is 0.346 e. The molecule has 0 aliphatic heterocycles. The van der Waals surface area contributed by atoms with Crippen molar-refractivity contribution in [3.63, 3.8) is 0 Å². The van der Waals surface area contributed by atoms with Gasteiger partial charge in [-0.05, 0) is 55.9 Å². The van der Waals surface area contributed by atoms with Crippen molar-refractivity contribution >= 4 is 5.91 Å². The molecule has 28 heavy (non-hydrogen) atoms. The van der Waals surface area contributed by atoms with E-state index in [1.165, 1.54) is 36.1 Å². The topological polar surface area (TPSA) is 68.9 Å². The van der Waals surface area contributed by atoms with Crippen molar-refractivity contribution in [1.82, 2.24) is 19.7 Å². The van der Waals surface area contributed by atoms with Crippen molar-refractivity contribution < 1.29 is 9.18 Å². The molecule has 2 aromatic rings. The monoisotopic (exact) mass is 386 g/mol. The maximum absolute atomic E-state index is 13.2. The van der Waals surface area contributed by atoms with Crippen LogP contribution in [0.1, 0.15) is 57.4 Å². The predicted octanol–water partition coefficient (Wildman–Crippen LogP) is 3.27. The first-order chi connectivity index (χ1) is 13.6. The molecule has 7 heteroatoms. The van der Waals surface area contributed by atoms with Crippen LogP contribution in [0, 0.1) is 11.7 Å². The van der Waals surface area contributed by atoms with Gasteiger partial charge in [0.25, 0.3) is 0 Å². The molecular formula is C21H27FN4O2. The lowest BCUT2D eigenvalue weighted by Crippen LogP contribution is -2.33. The number of nitrogens with zero attached hydrogens (tertiary/aromatic N) is 3. The third-order valence-electron chi connectivity index (χ3n) is 5.73. The molecule has 0 atom stereocenters. The van der Waals surface area contributed by atoms with Crippen molar-refractivity contribution in [3.8, 4) is 11.4 Å². The molecular weight excluding hydrogens is 359 g/mol. The molecule has 1 heterocycles. The van der Waals surface area contributed by atoms with Crippen LogP contribution in [0.4, 0.5) is 4.39 Å². The van der Waals surface area contributed by atoms with Gasteiger partial charge in [-0.2, -0.15) is 0 Å². The molecule has 2 aliphatic rings. The maximum Gasteiger partial charge on any atom is 0.346 e. The molecule has 6 nitrogen and oxygen atoms in total.